The molecule has 68 valence electrons. The van der Waals surface area contributed by atoms with Crippen molar-refractivity contribution in [3.05, 3.63) is 0 Å². The molecule has 2 unspecified atom stereocenters. The molecule has 1 N–H and O–H groups in total. The van der Waals surface area contributed by atoms with Crippen LogP contribution in [-0.4, -0.2) is 41.6 Å². The van der Waals surface area contributed by atoms with Crippen LogP contribution in [0.4, 0.5) is 0 Å². The van der Waals surface area contributed by atoms with E-state index in [9.17, 15) is 0 Å². The summed E-state index contributed by atoms with van der Waals surface area (Å²) in [4.78, 5) is 2.15. The third-order valence-corrected chi connectivity index (χ3v) is 2.57. The molecule has 0 aliphatic carbocycles. The molecule has 0 radical (unpaired) electrons. The number of rotatable bonds is 5. The first-order valence-electron chi connectivity index (χ1n) is 3.98. The highest BCUT2D eigenvalue weighted by molar-refractivity contribution is 9.09. The van der Waals surface area contributed by atoms with Crippen LogP contribution in [0.15, 0.2) is 0 Å². The van der Waals surface area contributed by atoms with Crippen LogP contribution in [0.3, 0.4) is 0 Å². The highest BCUT2D eigenvalue weighted by Crippen LogP contribution is 2.02. The van der Waals surface area contributed by atoms with Crippen molar-refractivity contribution in [1.29, 1.82) is 0 Å². The Bertz CT molecular complexity index is 98.1. The predicted octanol–water partition coefficient (Wildman–Crippen LogP) is 1.33. The Morgan fingerprint density at radius 3 is 2.27 bits per heavy atom. The van der Waals surface area contributed by atoms with E-state index >= 15 is 0 Å². The van der Waals surface area contributed by atoms with E-state index in [1.165, 1.54) is 0 Å². The van der Waals surface area contributed by atoms with Gasteiger partial charge < -0.3 is 10.0 Å². The van der Waals surface area contributed by atoms with E-state index in [0.29, 0.717) is 5.92 Å². The molecule has 0 aliphatic heterocycles. The topological polar surface area (TPSA) is 23.5 Å². The Balaban J connectivity index is 3.43. The molecule has 0 aliphatic rings. The smallest absolute Gasteiger partial charge is 0.0638 e. The standard InChI is InChI=1S/C8H18BrNO/c1-7(4-9)5-10(3)6-8(2)11/h7-8,11H,4-6H2,1-3H3. The number of halogens is 1. The van der Waals surface area contributed by atoms with Crippen LogP contribution < -0.4 is 0 Å². The van der Waals surface area contributed by atoms with Crippen LogP contribution in [0.5, 0.6) is 0 Å². The molecule has 0 rings (SSSR count). The van der Waals surface area contributed by atoms with Gasteiger partial charge in [-0.2, -0.15) is 0 Å². The van der Waals surface area contributed by atoms with Crippen LogP contribution in [0.25, 0.3) is 0 Å². The molecule has 2 atom stereocenters. The minimum atomic E-state index is -0.220. The minimum Gasteiger partial charge on any atom is -0.392 e. The number of alkyl halides is 1. The molecule has 0 spiro atoms. The molecule has 0 saturated heterocycles. The summed E-state index contributed by atoms with van der Waals surface area (Å²) in [5.74, 6) is 0.652. The summed E-state index contributed by atoms with van der Waals surface area (Å²) in [6.07, 6.45) is -0.220. The first kappa shape index (κ1) is 11.4. The number of aliphatic hydroxyl groups is 1. The van der Waals surface area contributed by atoms with Gasteiger partial charge in [0.2, 0.25) is 0 Å². The lowest BCUT2D eigenvalue weighted by molar-refractivity contribution is 0.135. The average molecular weight is 224 g/mol. The Hall–Kier alpha value is 0.400. The van der Waals surface area contributed by atoms with Crippen molar-refractivity contribution in [2.45, 2.75) is 20.0 Å². The Labute approximate surface area is 77.7 Å². The van der Waals surface area contributed by atoms with Crippen LogP contribution in [-0.2, 0) is 0 Å². The van der Waals surface area contributed by atoms with Gasteiger partial charge in [-0.1, -0.05) is 22.9 Å². The summed E-state index contributed by atoms with van der Waals surface area (Å²) >= 11 is 3.42. The maximum atomic E-state index is 9.05. The molecule has 11 heavy (non-hydrogen) atoms. The van der Waals surface area contributed by atoms with E-state index in [1.807, 2.05) is 14.0 Å². The zero-order valence-electron chi connectivity index (χ0n) is 7.55. The second kappa shape index (κ2) is 5.98. The van der Waals surface area contributed by atoms with Crippen LogP contribution in [0.2, 0.25) is 0 Å². The highest BCUT2D eigenvalue weighted by atomic mass is 79.9. The molecule has 0 aromatic heterocycles. The molecule has 0 heterocycles. The molecule has 3 heteroatoms. The first-order chi connectivity index (χ1) is 5.06. The molecule has 0 saturated carbocycles. The average Bonchev–Trinajstić information content (AvgIpc) is 1.85. The maximum Gasteiger partial charge on any atom is 0.0638 e. The molecule has 2 nitrogen and oxygen atoms in total. The zero-order valence-corrected chi connectivity index (χ0v) is 9.13. The number of hydrogen-bond acceptors (Lipinski definition) is 2. The van der Waals surface area contributed by atoms with Crippen molar-refractivity contribution in [1.82, 2.24) is 4.90 Å². The number of likely N-dealkylation sites (N-methyl/N-ethyl adjacent to an activating group) is 1. The zero-order chi connectivity index (χ0) is 8.85. The normalized spacial score (nSPS) is 16.9. The van der Waals surface area contributed by atoms with E-state index < -0.39 is 0 Å². The van der Waals surface area contributed by atoms with Crippen molar-refractivity contribution in [2.75, 3.05) is 25.5 Å². The van der Waals surface area contributed by atoms with Gasteiger partial charge in [0, 0.05) is 18.4 Å². The maximum absolute atomic E-state index is 9.05. The minimum absolute atomic E-state index is 0.220. The van der Waals surface area contributed by atoms with Crippen molar-refractivity contribution < 1.29 is 5.11 Å². The fourth-order valence-electron chi connectivity index (χ4n) is 1.11. The summed E-state index contributed by atoms with van der Waals surface area (Å²) in [5, 5.41) is 10.1. The molecule has 0 bridgehead atoms. The van der Waals surface area contributed by atoms with E-state index in [2.05, 4.69) is 27.8 Å². The monoisotopic (exact) mass is 223 g/mol. The summed E-state index contributed by atoms with van der Waals surface area (Å²) in [6.45, 7) is 5.80. The first-order valence-corrected chi connectivity index (χ1v) is 5.11. The van der Waals surface area contributed by atoms with Gasteiger partial charge in [-0.15, -0.1) is 0 Å². The third-order valence-electron chi connectivity index (χ3n) is 1.46. The van der Waals surface area contributed by atoms with E-state index in [1.54, 1.807) is 0 Å². The molecular weight excluding hydrogens is 206 g/mol. The highest BCUT2D eigenvalue weighted by Gasteiger charge is 2.06. The Morgan fingerprint density at radius 1 is 1.36 bits per heavy atom. The van der Waals surface area contributed by atoms with Gasteiger partial charge in [0.25, 0.3) is 0 Å². The summed E-state index contributed by atoms with van der Waals surface area (Å²) < 4.78 is 0. The molecular formula is C8H18BrNO. The summed E-state index contributed by atoms with van der Waals surface area (Å²) in [7, 11) is 2.03. The summed E-state index contributed by atoms with van der Waals surface area (Å²) in [6, 6.07) is 0. The third kappa shape index (κ3) is 6.78. The van der Waals surface area contributed by atoms with Crippen molar-refractivity contribution in [2.24, 2.45) is 5.92 Å². The number of nitrogens with zero attached hydrogens (tertiary/aromatic N) is 1. The van der Waals surface area contributed by atoms with E-state index in [0.717, 1.165) is 18.4 Å². The fourth-order valence-corrected chi connectivity index (χ4v) is 1.31. The summed E-state index contributed by atoms with van der Waals surface area (Å²) in [5.41, 5.74) is 0. The largest absolute Gasteiger partial charge is 0.392 e. The lowest BCUT2D eigenvalue weighted by Crippen LogP contribution is -2.31. The quantitative estimate of drug-likeness (QED) is 0.712. The van der Waals surface area contributed by atoms with Crippen LogP contribution in [0, 0.1) is 5.92 Å². The molecule has 0 aromatic rings. The second-order valence-corrected chi connectivity index (χ2v) is 3.98. The lowest BCUT2D eigenvalue weighted by Gasteiger charge is -2.21. The van der Waals surface area contributed by atoms with Crippen LogP contribution >= 0.6 is 15.9 Å². The lowest BCUT2D eigenvalue weighted by atomic mass is 10.2. The van der Waals surface area contributed by atoms with Gasteiger partial charge in [-0.3, -0.25) is 0 Å². The van der Waals surface area contributed by atoms with Gasteiger partial charge >= 0.3 is 0 Å². The van der Waals surface area contributed by atoms with Gasteiger partial charge in [-0.05, 0) is 19.9 Å². The molecule has 0 amide bonds. The fraction of sp³-hybridized carbons (Fsp3) is 1.00. The number of hydrogen-bond donors (Lipinski definition) is 1. The van der Waals surface area contributed by atoms with Gasteiger partial charge in [-0.25, -0.2) is 0 Å². The number of aliphatic hydroxyl groups excluding tert-OH is 1. The second-order valence-electron chi connectivity index (χ2n) is 3.33. The van der Waals surface area contributed by atoms with Crippen molar-refractivity contribution in [3.8, 4) is 0 Å². The van der Waals surface area contributed by atoms with Crippen molar-refractivity contribution in [3.63, 3.8) is 0 Å². The van der Waals surface area contributed by atoms with Crippen molar-refractivity contribution >= 4 is 15.9 Å². The van der Waals surface area contributed by atoms with Gasteiger partial charge in [0.1, 0.15) is 0 Å². The molecule has 0 fully saturated rings. The van der Waals surface area contributed by atoms with Gasteiger partial charge in [0.15, 0.2) is 0 Å². The Morgan fingerprint density at radius 2 is 1.91 bits per heavy atom. The van der Waals surface area contributed by atoms with Crippen LogP contribution in [0.1, 0.15) is 13.8 Å². The van der Waals surface area contributed by atoms with E-state index in [4.69, 9.17) is 5.11 Å². The Kier molecular flexibility index (Phi) is 6.19. The van der Waals surface area contributed by atoms with Gasteiger partial charge in [0.05, 0.1) is 6.10 Å². The van der Waals surface area contributed by atoms with E-state index in [-0.39, 0.29) is 6.10 Å². The SMILES string of the molecule is CC(O)CN(C)CC(C)CBr. The predicted molar refractivity (Wildman–Crippen MR) is 52.1 cm³/mol. The molecule has 0 aromatic carbocycles.